The molecule has 0 saturated heterocycles. The summed E-state index contributed by atoms with van der Waals surface area (Å²) in [6, 6.07) is 4.75. The summed E-state index contributed by atoms with van der Waals surface area (Å²) >= 11 is 6.49. The van der Waals surface area contributed by atoms with Gasteiger partial charge in [0.2, 0.25) is 0 Å². The fraction of sp³-hybridized carbons (Fsp3) is 0.824. The van der Waals surface area contributed by atoms with Crippen molar-refractivity contribution in [2.24, 2.45) is 5.41 Å². The molecule has 0 aromatic heterocycles. The standard InChI is InChI=1S/C34H61ClO/c1-8-12-15-18-19-22-33(5,6)27-30-25-29(28-35)26-31(32(30)36-24-21-17-14-10-3)34(7,11-4)23-20-16-13-9-2/h25-26H,8-24,27-28H2,1-7H3. The fourth-order valence-corrected chi connectivity index (χ4v) is 5.69. The van der Waals surface area contributed by atoms with Gasteiger partial charge in [-0.15, -0.1) is 11.6 Å². The molecule has 2 heteroatoms. The first-order chi connectivity index (χ1) is 17.3. The minimum atomic E-state index is 0.133. The van der Waals surface area contributed by atoms with Gasteiger partial charge in [-0.3, -0.25) is 0 Å². The quantitative estimate of drug-likeness (QED) is 0.109. The van der Waals surface area contributed by atoms with Crippen LogP contribution >= 0.6 is 11.6 Å². The lowest BCUT2D eigenvalue weighted by Gasteiger charge is -2.34. The molecule has 1 aromatic rings. The Labute approximate surface area is 231 Å². The van der Waals surface area contributed by atoms with E-state index in [0.29, 0.717) is 5.88 Å². The molecule has 0 spiro atoms. The average Bonchev–Trinajstić information content (AvgIpc) is 2.86. The fourth-order valence-electron chi connectivity index (χ4n) is 5.54. The number of unbranched alkanes of at least 4 members (excludes halogenated alkanes) is 10. The van der Waals surface area contributed by atoms with Crippen LogP contribution in [-0.4, -0.2) is 6.61 Å². The van der Waals surface area contributed by atoms with Gasteiger partial charge < -0.3 is 4.74 Å². The van der Waals surface area contributed by atoms with Crippen molar-refractivity contribution in [1.82, 2.24) is 0 Å². The third-order valence-electron chi connectivity index (χ3n) is 8.26. The molecule has 0 aliphatic carbocycles. The molecule has 0 saturated carbocycles. The lowest BCUT2D eigenvalue weighted by Crippen LogP contribution is -2.24. The van der Waals surface area contributed by atoms with E-state index in [1.807, 2.05) is 0 Å². The molecule has 0 fully saturated rings. The molecule has 1 aromatic carbocycles. The van der Waals surface area contributed by atoms with Gasteiger partial charge in [0.25, 0.3) is 0 Å². The molecule has 0 aliphatic rings. The normalized spacial score (nSPS) is 13.7. The second-order valence-corrected chi connectivity index (χ2v) is 12.7. The molecule has 1 unspecified atom stereocenters. The predicted molar refractivity (Wildman–Crippen MR) is 163 cm³/mol. The smallest absolute Gasteiger partial charge is 0.126 e. The number of hydrogen-bond donors (Lipinski definition) is 0. The van der Waals surface area contributed by atoms with Crippen molar-refractivity contribution in [3.8, 4) is 5.75 Å². The van der Waals surface area contributed by atoms with Crippen molar-refractivity contribution in [3.05, 3.63) is 28.8 Å². The Bertz CT molecular complexity index is 695. The number of halogens is 1. The largest absolute Gasteiger partial charge is 0.493 e. The molecule has 0 aliphatic heterocycles. The highest BCUT2D eigenvalue weighted by atomic mass is 35.5. The number of hydrogen-bond acceptors (Lipinski definition) is 1. The summed E-state index contributed by atoms with van der Waals surface area (Å²) in [5.41, 5.74) is 4.47. The molecular weight excluding hydrogens is 460 g/mol. The van der Waals surface area contributed by atoms with Gasteiger partial charge in [-0.05, 0) is 54.1 Å². The maximum atomic E-state index is 6.75. The van der Waals surface area contributed by atoms with E-state index in [1.165, 1.54) is 112 Å². The molecule has 1 atom stereocenters. The van der Waals surface area contributed by atoms with Crippen LogP contribution in [0.4, 0.5) is 0 Å². The summed E-state index contributed by atoms with van der Waals surface area (Å²) in [5.74, 6) is 1.77. The zero-order valence-electron chi connectivity index (χ0n) is 25.4. The van der Waals surface area contributed by atoms with Crippen LogP contribution in [0.5, 0.6) is 5.75 Å². The first kappa shape index (κ1) is 33.3. The second-order valence-electron chi connectivity index (χ2n) is 12.4. The maximum absolute atomic E-state index is 6.75. The van der Waals surface area contributed by atoms with Crippen LogP contribution in [0.2, 0.25) is 0 Å². The van der Waals surface area contributed by atoms with Gasteiger partial charge in [0, 0.05) is 11.4 Å². The number of rotatable bonds is 22. The Hall–Kier alpha value is -0.690. The molecule has 1 rings (SSSR count). The third kappa shape index (κ3) is 12.2. The third-order valence-corrected chi connectivity index (χ3v) is 8.57. The van der Waals surface area contributed by atoms with Gasteiger partial charge in [0.15, 0.2) is 0 Å². The lowest BCUT2D eigenvalue weighted by molar-refractivity contribution is 0.273. The SMILES string of the molecule is CCCCCCCC(C)(C)Cc1cc(CCl)cc(C(C)(CC)CCCCCC)c1OCCCCCC. The van der Waals surface area contributed by atoms with E-state index in [-0.39, 0.29) is 10.8 Å². The molecule has 0 bridgehead atoms. The first-order valence-corrected chi connectivity index (χ1v) is 16.1. The zero-order valence-corrected chi connectivity index (χ0v) is 26.1. The Morgan fingerprint density at radius 2 is 1.25 bits per heavy atom. The van der Waals surface area contributed by atoms with Crippen LogP contribution in [0.25, 0.3) is 0 Å². The summed E-state index contributed by atoms with van der Waals surface area (Å²) in [6.45, 7) is 17.4. The Kier molecular flexibility index (Phi) is 17.2. The van der Waals surface area contributed by atoms with E-state index in [1.54, 1.807) is 0 Å². The van der Waals surface area contributed by atoms with Crippen molar-refractivity contribution in [2.75, 3.05) is 6.61 Å². The first-order valence-electron chi connectivity index (χ1n) is 15.6. The summed E-state index contributed by atoms with van der Waals surface area (Å²) in [4.78, 5) is 0. The highest BCUT2D eigenvalue weighted by Crippen LogP contribution is 2.44. The number of benzene rings is 1. The van der Waals surface area contributed by atoms with Gasteiger partial charge in [-0.2, -0.15) is 0 Å². The van der Waals surface area contributed by atoms with Crippen molar-refractivity contribution in [1.29, 1.82) is 0 Å². The van der Waals surface area contributed by atoms with E-state index in [2.05, 4.69) is 60.6 Å². The molecule has 1 nitrogen and oxygen atoms in total. The summed E-state index contributed by atoms with van der Waals surface area (Å²) in [7, 11) is 0. The molecule has 0 heterocycles. The van der Waals surface area contributed by atoms with E-state index in [9.17, 15) is 0 Å². The van der Waals surface area contributed by atoms with Crippen LogP contribution in [0.1, 0.15) is 168 Å². The van der Waals surface area contributed by atoms with Crippen LogP contribution < -0.4 is 4.74 Å². The minimum absolute atomic E-state index is 0.133. The topological polar surface area (TPSA) is 9.23 Å². The Balaban J connectivity index is 3.27. The Morgan fingerprint density at radius 1 is 0.694 bits per heavy atom. The lowest BCUT2D eigenvalue weighted by atomic mass is 9.73. The van der Waals surface area contributed by atoms with Crippen LogP contribution in [0.3, 0.4) is 0 Å². The minimum Gasteiger partial charge on any atom is -0.493 e. The monoisotopic (exact) mass is 520 g/mol. The number of ether oxygens (including phenoxy) is 1. The van der Waals surface area contributed by atoms with E-state index in [0.717, 1.165) is 25.9 Å². The van der Waals surface area contributed by atoms with Crippen molar-refractivity contribution < 1.29 is 4.74 Å². The summed E-state index contributed by atoms with van der Waals surface area (Å²) in [6.07, 6.45) is 21.6. The predicted octanol–water partition coefficient (Wildman–Crippen LogP) is 12.0. The molecule has 36 heavy (non-hydrogen) atoms. The summed E-state index contributed by atoms with van der Waals surface area (Å²) in [5, 5.41) is 0. The van der Waals surface area contributed by atoms with Crippen molar-refractivity contribution in [2.45, 2.75) is 169 Å². The van der Waals surface area contributed by atoms with Gasteiger partial charge in [0.1, 0.15) is 5.75 Å². The van der Waals surface area contributed by atoms with Gasteiger partial charge in [-0.25, -0.2) is 0 Å². The van der Waals surface area contributed by atoms with Crippen molar-refractivity contribution in [3.63, 3.8) is 0 Å². The molecule has 0 N–H and O–H groups in total. The summed E-state index contributed by atoms with van der Waals surface area (Å²) < 4.78 is 6.75. The highest BCUT2D eigenvalue weighted by molar-refractivity contribution is 6.17. The van der Waals surface area contributed by atoms with Crippen LogP contribution in [-0.2, 0) is 17.7 Å². The van der Waals surface area contributed by atoms with Gasteiger partial charge >= 0.3 is 0 Å². The van der Waals surface area contributed by atoms with Gasteiger partial charge in [-0.1, -0.05) is 138 Å². The maximum Gasteiger partial charge on any atom is 0.126 e. The molecule has 0 radical (unpaired) electrons. The van der Waals surface area contributed by atoms with Crippen LogP contribution in [0, 0.1) is 5.41 Å². The van der Waals surface area contributed by atoms with E-state index in [4.69, 9.17) is 16.3 Å². The highest BCUT2D eigenvalue weighted by Gasteiger charge is 2.31. The molecular formula is C34H61ClO. The second kappa shape index (κ2) is 18.5. The van der Waals surface area contributed by atoms with Crippen molar-refractivity contribution >= 4 is 11.6 Å². The molecule has 210 valence electrons. The van der Waals surface area contributed by atoms with Gasteiger partial charge in [0.05, 0.1) is 6.61 Å². The van der Waals surface area contributed by atoms with E-state index >= 15 is 0 Å². The zero-order chi connectivity index (χ0) is 26.9. The number of alkyl halides is 1. The Morgan fingerprint density at radius 3 is 1.83 bits per heavy atom. The average molecular weight is 521 g/mol. The molecule has 0 amide bonds. The van der Waals surface area contributed by atoms with E-state index < -0.39 is 0 Å². The van der Waals surface area contributed by atoms with Crippen LogP contribution in [0.15, 0.2) is 12.1 Å².